The van der Waals surface area contributed by atoms with Crippen LogP contribution in [0.5, 0.6) is 5.75 Å². The van der Waals surface area contributed by atoms with E-state index in [-0.39, 0.29) is 0 Å². The molecule has 0 fully saturated rings. The van der Waals surface area contributed by atoms with Gasteiger partial charge in [-0.25, -0.2) is 0 Å². The lowest BCUT2D eigenvalue weighted by atomic mass is 10.1. The lowest BCUT2D eigenvalue weighted by molar-refractivity contribution is 0.306. The highest BCUT2D eigenvalue weighted by Crippen LogP contribution is 2.19. The molecule has 0 aromatic heterocycles. The van der Waals surface area contributed by atoms with E-state index >= 15 is 0 Å². The van der Waals surface area contributed by atoms with E-state index in [1.165, 1.54) is 0 Å². The number of aliphatic imine (C=N–C) groups is 1. The Morgan fingerprint density at radius 2 is 2.00 bits per heavy atom. The third-order valence-corrected chi connectivity index (χ3v) is 3.82. The summed E-state index contributed by atoms with van der Waals surface area (Å²) in [6, 6.07) is 16.2. The van der Waals surface area contributed by atoms with Gasteiger partial charge in [-0.3, -0.25) is 4.99 Å². The molecule has 0 atom stereocenters. The quantitative estimate of drug-likeness (QED) is 0.915. The average Bonchev–Trinajstić information content (AvgIpc) is 2.54. The van der Waals surface area contributed by atoms with Crippen LogP contribution in [0.1, 0.15) is 17.5 Å². The van der Waals surface area contributed by atoms with Crippen molar-refractivity contribution in [1.82, 2.24) is 5.32 Å². The van der Waals surface area contributed by atoms with Crippen LogP contribution in [0.25, 0.3) is 0 Å². The summed E-state index contributed by atoms with van der Waals surface area (Å²) in [5.74, 6) is 1.87. The Morgan fingerprint density at radius 3 is 2.71 bits per heavy atom. The molecule has 1 N–H and O–H groups in total. The van der Waals surface area contributed by atoms with Gasteiger partial charge in [-0.1, -0.05) is 46.3 Å². The molecule has 0 aliphatic carbocycles. The van der Waals surface area contributed by atoms with E-state index in [2.05, 4.69) is 50.5 Å². The summed E-state index contributed by atoms with van der Waals surface area (Å²) < 4.78 is 6.81. The van der Waals surface area contributed by atoms with E-state index in [0.29, 0.717) is 6.61 Å². The van der Waals surface area contributed by atoms with Crippen molar-refractivity contribution in [2.24, 2.45) is 4.99 Å². The van der Waals surface area contributed by atoms with Gasteiger partial charge in [0.05, 0.1) is 0 Å². The van der Waals surface area contributed by atoms with Crippen molar-refractivity contribution in [3.8, 4) is 5.75 Å². The van der Waals surface area contributed by atoms with Gasteiger partial charge in [-0.15, -0.1) is 0 Å². The third kappa shape index (κ3) is 3.85. The van der Waals surface area contributed by atoms with Crippen LogP contribution in [0, 0.1) is 0 Å². The number of amidine groups is 1. The fourth-order valence-corrected chi connectivity index (χ4v) is 2.59. The summed E-state index contributed by atoms with van der Waals surface area (Å²) in [6.07, 6.45) is 1.11. The second-order valence-electron chi connectivity index (χ2n) is 4.95. The minimum absolute atomic E-state index is 0.566. The zero-order chi connectivity index (χ0) is 14.5. The van der Waals surface area contributed by atoms with Gasteiger partial charge in [-0.2, -0.15) is 0 Å². The summed E-state index contributed by atoms with van der Waals surface area (Å²) in [5, 5.41) is 3.33. The normalized spacial score (nSPS) is 14.2. The predicted octanol–water partition coefficient (Wildman–Crippen LogP) is 3.77. The van der Waals surface area contributed by atoms with Gasteiger partial charge in [0.15, 0.2) is 0 Å². The zero-order valence-electron chi connectivity index (χ0n) is 11.7. The Morgan fingerprint density at radius 1 is 1.14 bits per heavy atom. The lowest BCUT2D eigenvalue weighted by Gasteiger charge is -2.15. The van der Waals surface area contributed by atoms with E-state index in [0.717, 1.165) is 46.7 Å². The molecule has 0 bridgehead atoms. The fraction of sp³-hybridized carbons (Fsp3) is 0.235. The average molecular weight is 345 g/mol. The van der Waals surface area contributed by atoms with Crippen molar-refractivity contribution in [2.45, 2.75) is 13.0 Å². The molecule has 108 valence electrons. The van der Waals surface area contributed by atoms with Crippen molar-refractivity contribution in [3.63, 3.8) is 0 Å². The molecule has 2 aromatic rings. The van der Waals surface area contributed by atoms with Crippen molar-refractivity contribution < 1.29 is 4.74 Å². The maximum atomic E-state index is 5.78. The van der Waals surface area contributed by atoms with Crippen LogP contribution >= 0.6 is 15.9 Å². The standard InChI is InChI=1S/C17H17BrN2O/c18-15-3-1-4-16(11-15)21-12-13-5-7-14(8-6-13)17-19-9-2-10-20-17/h1,3-8,11H,2,9-10,12H2,(H,19,20). The highest BCUT2D eigenvalue weighted by atomic mass is 79.9. The van der Waals surface area contributed by atoms with Gasteiger partial charge < -0.3 is 10.1 Å². The van der Waals surface area contributed by atoms with E-state index in [9.17, 15) is 0 Å². The molecular formula is C17H17BrN2O. The SMILES string of the molecule is Brc1cccc(OCc2ccc(C3=NCCCN3)cc2)c1. The van der Waals surface area contributed by atoms with E-state index in [4.69, 9.17) is 4.74 Å². The Balaban J connectivity index is 1.63. The molecule has 1 aliphatic heterocycles. The molecule has 0 saturated carbocycles. The topological polar surface area (TPSA) is 33.6 Å². The smallest absolute Gasteiger partial charge is 0.128 e. The Bertz CT molecular complexity index is 637. The largest absolute Gasteiger partial charge is 0.489 e. The number of nitrogens with one attached hydrogen (secondary N) is 1. The van der Waals surface area contributed by atoms with Crippen LogP contribution in [-0.4, -0.2) is 18.9 Å². The summed E-state index contributed by atoms with van der Waals surface area (Å²) in [7, 11) is 0. The minimum atomic E-state index is 0.566. The van der Waals surface area contributed by atoms with E-state index in [1.807, 2.05) is 24.3 Å². The summed E-state index contributed by atoms with van der Waals surface area (Å²) in [4.78, 5) is 4.50. The predicted molar refractivity (Wildman–Crippen MR) is 88.9 cm³/mol. The maximum absolute atomic E-state index is 5.78. The van der Waals surface area contributed by atoms with Gasteiger partial charge >= 0.3 is 0 Å². The zero-order valence-corrected chi connectivity index (χ0v) is 13.3. The lowest BCUT2D eigenvalue weighted by Crippen LogP contribution is -2.30. The molecule has 0 unspecified atom stereocenters. The van der Waals surface area contributed by atoms with Crippen LogP contribution < -0.4 is 10.1 Å². The summed E-state index contributed by atoms with van der Waals surface area (Å²) in [5.41, 5.74) is 2.29. The second kappa shape index (κ2) is 6.76. The Hall–Kier alpha value is -1.81. The number of halogens is 1. The van der Waals surface area contributed by atoms with Crippen molar-refractivity contribution >= 4 is 21.8 Å². The van der Waals surface area contributed by atoms with Gasteiger partial charge in [0.2, 0.25) is 0 Å². The number of rotatable bonds is 4. The van der Waals surface area contributed by atoms with Crippen molar-refractivity contribution in [3.05, 3.63) is 64.1 Å². The number of nitrogens with zero attached hydrogens (tertiary/aromatic N) is 1. The molecule has 21 heavy (non-hydrogen) atoms. The van der Waals surface area contributed by atoms with Crippen LogP contribution in [0.2, 0.25) is 0 Å². The van der Waals surface area contributed by atoms with E-state index < -0.39 is 0 Å². The molecule has 4 heteroatoms. The van der Waals surface area contributed by atoms with Crippen LogP contribution in [0.4, 0.5) is 0 Å². The van der Waals surface area contributed by atoms with Gasteiger partial charge in [0.25, 0.3) is 0 Å². The van der Waals surface area contributed by atoms with Crippen molar-refractivity contribution in [2.75, 3.05) is 13.1 Å². The molecule has 0 spiro atoms. The van der Waals surface area contributed by atoms with Crippen LogP contribution in [-0.2, 0) is 6.61 Å². The highest BCUT2D eigenvalue weighted by molar-refractivity contribution is 9.10. The number of benzene rings is 2. The first-order valence-corrected chi connectivity index (χ1v) is 7.86. The molecule has 0 saturated heterocycles. The number of hydrogen-bond acceptors (Lipinski definition) is 3. The highest BCUT2D eigenvalue weighted by Gasteiger charge is 2.06. The first-order chi connectivity index (χ1) is 10.3. The van der Waals surface area contributed by atoms with Gasteiger partial charge in [-0.05, 0) is 30.2 Å². The Labute approximate surface area is 133 Å². The first kappa shape index (κ1) is 14.1. The summed E-state index contributed by atoms with van der Waals surface area (Å²) >= 11 is 3.44. The second-order valence-corrected chi connectivity index (χ2v) is 5.87. The molecule has 1 aliphatic rings. The third-order valence-electron chi connectivity index (χ3n) is 3.33. The molecule has 2 aromatic carbocycles. The summed E-state index contributed by atoms with van der Waals surface area (Å²) in [6.45, 7) is 2.49. The molecule has 3 nitrogen and oxygen atoms in total. The molecular weight excluding hydrogens is 328 g/mol. The maximum Gasteiger partial charge on any atom is 0.128 e. The molecule has 3 rings (SSSR count). The first-order valence-electron chi connectivity index (χ1n) is 7.07. The Kier molecular flexibility index (Phi) is 4.55. The van der Waals surface area contributed by atoms with Gasteiger partial charge in [0, 0.05) is 23.1 Å². The fourth-order valence-electron chi connectivity index (χ4n) is 2.21. The van der Waals surface area contributed by atoms with E-state index in [1.54, 1.807) is 0 Å². The molecule has 0 amide bonds. The monoisotopic (exact) mass is 344 g/mol. The minimum Gasteiger partial charge on any atom is -0.489 e. The van der Waals surface area contributed by atoms with Crippen LogP contribution in [0.15, 0.2) is 58.0 Å². The molecule has 1 heterocycles. The number of hydrogen-bond donors (Lipinski definition) is 1. The van der Waals surface area contributed by atoms with Crippen molar-refractivity contribution in [1.29, 1.82) is 0 Å². The number of ether oxygens (including phenoxy) is 1. The van der Waals surface area contributed by atoms with Crippen LogP contribution in [0.3, 0.4) is 0 Å². The molecule has 0 radical (unpaired) electrons. The van der Waals surface area contributed by atoms with Gasteiger partial charge in [0.1, 0.15) is 18.2 Å².